The van der Waals surface area contributed by atoms with Gasteiger partial charge in [-0.2, -0.15) is 0 Å². The molecule has 0 aromatic rings. The number of rotatable bonds is 1. The second kappa shape index (κ2) is 3.32. The first kappa shape index (κ1) is 9.96. The molecule has 1 fully saturated rings. The van der Waals surface area contributed by atoms with Crippen LogP contribution in [0.5, 0.6) is 0 Å². The molecule has 0 bridgehead atoms. The third kappa shape index (κ3) is 2.73. The molecular formula is C9H20N2O. The zero-order chi connectivity index (χ0) is 9.35. The molecule has 1 aliphatic heterocycles. The van der Waals surface area contributed by atoms with E-state index in [0.717, 1.165) is 13.1 Å². The standard InChI is InChI=1S/C9H20N2O/c1-9(2,3)10-7-5-11(4)6-8(7)12/h7-8,10,12H,5-6H2,1-4H3. The quantitative estimate of drug-likeness (QED) is 0.586. The molecule has 0 aromatic carbocycles. The molecule has 1 heterocycles. The summed E-state index contributed by atoms with van der Waals surface area (Å²) >= 11 is 0. The molecule has 1 rings (SSSR count). The molecule has 12 heavy (non-hydrogen) atoms. The first-order valence-electron chi connectivity index (χ1n) is 4.53. The van der Waals surface area contributed by atoms with Gasteiger partial charge >= 0.3 is 0 Å². The van der Waals surface area contributed by atoms with Crippen LogP contribution in [0.3, 0.4) is 0 Å². The van der Waals surface area contributed by atoms with Crippen molar-refractivity contribution < 1.29 is 5.11 Å². The summed E-state index contributed by atoms with van der Waals surface area (Å²) in [5.74, 6) is 0. The van der Waals surface area contributed by atoms with Crippen LogP contribution < -0.4 is 5.32 Å². The Balaban J connectivity index is 2.43. The highest BCUT2D eigenvalue weighted by molar-refractivity contribution is 4.91. The summed E-state index contributed by atoms with van der Waals surface area (Å²) < 4.78 is 0. The molecule has 72 valence electrons. The molecule has 3 nitrogen and oxygen atoms in total. The number of nitrogens with one attached hydrogen (secondary N) is 1. The van der Waals surface area contributed by atoms with Crippen LogP contribution in [0.4, 0.5) is 0 Å². The number of nitrogens with zero attached hydrogens (tertiary/aromatic N) is 1. The fourth-order valence-electron chi connectivity index (χ4n) is 1.68. The van der Waals surface area contributed by atoms with Crippen molar-refractivity contribution in [3.63, 3.8) is 0 Å². The average Bonchev–Trinajstić information content (AvgIpc) is 2.06. The Kier molecular flexibility index (Phi) is 2.76. The van der Waals surface area contributed by atoms with Crippen molar-refractivity contribution in [1.29, 1.82) is 0 Å². The number of aliphatic hydroxyl groups is 1. The molecule has 3 heteroatoms. The highest BCUT2D eigenvalue weighted by Gasteiger charge is 2.31. The summed E-state index contributed by atoms with van der Waals surface area (Å²) in [5.41, 5.74) is 0.0941. The molecule has 1 saturated heterocycles. The Labute approximate surface area is 74.8 Å². The molecule has 0 aromatic heterocycles. The molecule has 2 atom stereocenters. The van der Waals surface area contributed by atoms with Crippen molar-refractivity contribution in [2.45, 2.75) is 38.5 Å². The maximum atomic E-state index is 9.62. The zero-order valence-electron chi connectivity index (χ0n) is 8.46. The molecule has 0 spiro atoms. The SMILES string of the molecule is CN1CC(O)C(NC(C)(C)C)C1. The van der Waals surface area contributed by atoms with Gasteiger partial charge in [0.2, 0.25) is 0 Å². The van der Waals surface area contributed by atoms with Crippen LogP contribution in [0.25, 0.3) is 0 Å². The van der Waals surface area contributed by atoms with Crippen LogP contribution in [0.15, 0.2) is 0 Å². The molecule has 2 N–H and O–H groups in total. The first-order chi connectivity index (χ1) is 5.38. The number of aliphatic hydroxyl groups excluding tert-OH is 1. The van der Waals surface area contributed by atoms with Crippen molar-refractivity contribution in [2.24, 2.45) is 0 Å². The minimum Gasteiger partial charge on any atom is -0.390 e. The van der Waals surface area contributed by atoms with Gasteiger partial charge in [0.1, 0.15) is 0 Å². The van der Waals surface area contributed by atoms with Crippen molar-refractivity contribution in [3.05, 3.63) is 0 Å². The van der Waals surface area contributed by atoms with Crippen LogP contribution in [0.2, 0.25) is 0 Å². The molecule has 1 aliphatic rings. The van der Waals surface area contributed by atoms with E-state index in [-0.39, 0.29) is 17.7 Å². The smallest absolute Gasteiger partial charge is 0.0832 e. The van der Waals surface area contributed by atoms with Gasteiger partial charge in [-0.3, -0.25) is 0 Å². The Morgan fingerprint density at radius 1 is 1.33 bits per heavy atom. The molecule has 0 radical (unpaired) electrons. The zero-order valence-corrected chi connectivity index (χ0v) is 8.46. The summed E-state index contributed by atoms with van der Waals surface area (Å²) in [6.07, 6.45) is -0.214. The monoisotopic (exact) mass is 172 g/mol. The van der Waals surface area contributed by atoms with Gasteiger partial charge in [-0.05, 0) is 27.8 Å². The maximum absolute atomic E-state index is 9.62. The number of likely N-dealkylation sites (N-methyl/N-ethyl adjacent to an activating group) is 1. The van der Waals surface area contributed by atoms with E-state index in [0.29, 0.717) is 0 Å². The van der Waals surface area contributed by atoms with Crippen LogP contribution in [-0.2, 0) is 0 Å². The van der Waals surface area contributed by atoms with Crippen LogP contribution in [0, 0.1) is 0 Å². The summed E-state index contributed by atoms with van der Waals surface area (Å²) in [4.78, 5) is 2.15. The van der Waals surface area contributed by atoms with Crippen molar-refractivity contribution >= 4 is 0 Å². The summed E-state index contributed by atoms with van der Waals surface area (Å²) in [6, 6.07) is 0.231. The highest BCUT2D eigenvalue weighted by Crippen LogP contribution is 2.11. The fraction of sp³-hybridized carbons (Fsp3) is 1.00. The third-order valence-electron chi connectivity index (χ3n) is 2.09. The van der Waals surface area contributed by atoms with E-state index in [2.05, 4.69) is 31.0 Å². The minimum absolute atomic E-state index is 0.0941. The Morgan fingerprint density at radius 3 is 2.25 bits per heavy atom. The van der Waals surface area contributed by atoms with E-state index in [1.807, 2.05) is 7.05 Å². The lowest BCUT2D eigenvalue weighted by atomic mass is 10.1. The van der Waals surface area contributed by atoms with Gasteiger partial charge in [-0.15, -0.1) is 0 Å². The summed E-state index contributed by atoms with van der Waals surface area (Å²) in [6.45, 7) is 8.10. The predicted molar refractivity (Wildman–Crippen MR) is 50.2 cm³/mol. The largest absolute Gasteiger partial charge is 0.390 e. The maximum Gasteiger partial charge on any atom is 0.0832 e. The number of likely N-dealkylation sites (tertiary alicyclic amines) is 1. The molecule has 0 aliphatic carbocycles. The van der Waals surface area contributed by atoms with Crippen LogP contribution >= 0.6 is 0 Å². The van der Waals surface area contributed by atoms with Gasteiger partial charge in [0, 0.05) is 24.7 Å². The Hall–Kier alpha value is -0.120. The van der Waals surface area contributed by atoms with E-state index < -0.39 is 0 Å². The van der Waals surface area contributed by atoms with Crippen molar-refractivity contribution in [2.75, 3.05) is 20.1 Å². The molecule has 0 amide bonds. The molecular weight excluding hydrogens is 152 g/mol. The number of hydrogen-bond acceptors (Lipinski definition) is 3. The first-order valence-corrected chi connectivity index (χ1v) is 4.53. The fourth-order valence-corrected chi connectivity index (χ4v) is 1.68. The Bertz CT molecular complexity index is 153. The van der Waals surface area contributed by atoms with Crippen molar-refractivity contribution in [3.8, 4) is 0 Å². The number of β-amino-alcohol motifs (C(OH)–C–C–N with tert-alkyl or cyclic N) is 1. The van der Waals surface area contributed by atoms with Crippen LogP contribution in [0.1, 0.15) is 20.8 Å². The highest BCUT2D eigenvalue weighted by atomic mass is 16.3. The second-order valence-corrected chi connectivity index (χ2v) is 4.79. The average molecular weight is 172 g/mol. The summed E-state index contributed by atoms with van der Waals surface area (Å²) in [5, 5.41) is 13.0. The van der Waals surface area contributed by atoms with Gasteiger partial charge in [0.05, 0.1) is 6.10 Å². The van der Waals surface area contributed by atoms with Gasteiger partial charge in [-0.1, -0.05) is 0 Å². The van der Waals surface area contributed by atoms with Gasteiger partial charge < -0.3 is 15.3 Å². The number of hydrogen-bond donors (Lipinski definition) is 2. The van der Waals surface area contributed by atoms with Crippen molar-refractivity contribution in [1.82, 2.24) is 10.2 Å². The van der Waals surface area contributed by atoms with E-state index in [9.17, 15) is 5.11 Å². The normalized spacial score (nSPS) is 32.8. The van der Waals surface area contributed by atoms with Gasteiger partial charge in [-0.25, -0.2) is 0 Å². The third-order valence-corrected chi connectivity index (χ3v) is 2.09. The molecule has 0 saturated carbocycles. The predicted octanol–water partition coefficient (Wildman–Crippen LogP) is 0.0494. The summed E-state index contributed by atoms with van der Waals surface area (Å²) in [7, 11) is 2.04. The van der Waals surface area contributed by atoms with Gasteiger partial charge in [0.15, 0.2) is 0 Å². The topological polar surface area (TPSA) is 35.5 Å². The lowest BCUT2D eigenvalue weighted by Gasteiger charge is -2.27. The van der Waals surface area contributed by atoms with E-state index in [1.54, 1.807) is 0 Å². The second-order valence-electron chi connectivity index (χ2n) is 4.79. The molecule has 2 unspecified atom stereocenters. The van der Waals surface area contributed by atoms with Crippen LogP contribution in [-0.4, -0.2) is 47.8 Å². The van der Waals surface area contributed by atoms with E-state index >= 15 is 0 Å². The van der Waals surface area contributed by atoms with Gasteiger partial charge in [0.25, 0.3) is 0 Å². The Morgan fingerprint density at radius 2 is 1.92 bits per heavy atom. The lowest BCUT2D eigenvalue weighted by Crippen LogP contribution is -2.49. The van der Waals surface area contributed by atoms with E-state index in [4.69, 9.17) is 0 Å². The van der Waals surface area contributed by atoms with E-state index in [1.165, 1.54) is 0 Å². The minimum atomic E-state index is -0.214. The lowest BCUT2D eigenvalue weighted by molar-refractivity contribution is 0.144.